The van der Waals surface area contributed by atoms with E-state index in [2.05, 4.69) is 36.1 Å². The summed E-state index contributed by atoms with van der Waals surface area (Å²) >= 11 is 6.02. The van der Waals surface area contributed by atoms with Crippen molar-refractivity contribution in [3.05, 3.63) is 28.5 Å². The summed E-state index contributed by atoms with van der Waals surface area (Å²) in [5, 5.41) is 3.31. The van der Waals surface area contributed by atoms with Crippen LogP contribution in [0.5, 0.6) is 0 Å². The van der Waals surface area contributed by atoms with Gasteiger partial charge in [0.05, 0.1) is 10.6 Å². The van der Waals surface area contributed by atoms with Gasteiger partial charge in [0.2, 0.25) is 0 Å². The van der Waals surface area contributed by atoms with E-state index in [1.807, 2.05) is 6.92 Å². The van der Waals surface area contributed by atoms with Crippen molar-refractivity contribution in [1.82, 2.24) is 15.2 Å². The highest BCUT2D eigenvalue weighted by Gasteiger charge is 2.10. The monoisotopic (exact) mass is 283 g/mol. The van der Waals surface area contributed by atoms with Crippen molar-refractivity contribution in [2.75, 3.05) is 20.1 Å². The number of rotatable bonds is 6. The maximum atomic E-state index is 11.9. The van der Waals surface area contributed by atoms with Gasteiger partial charge in [-0.15, -0.1) is 0 Å². The largest absolute Gasteiger partial charge is 0.352 e. The predicted octanol–water partition coefficient (Wildman–Crippen LogP) is 2.50. The van der Waals surface area contributed by atoms with E-state index in [0.717, 1.165) is 18.7 Å². The first kappa shape index (κ1) is 15.9. The average molecular weight is 284 g/mol. The fourth-order valence-electron chi connectivity index (χ4n) is 1.58. The molecule has 0 saturated heterocycles. The molecule has 0 aliphatic carbocycles. The van der Waals surface area contributed by atoms with Gasteiger partial charge in [-0.25, -0.2) is 0 Å². The summed E-state index contributed by atoms with van der Waals surface area (Å²) in [6.45, 7) is 7.74. The highest BCUT2D eigenvalue weighted by Crippen LogP contribution is 2.15. The number of aryl methyl sites for hydroxylation is 1. The van der Waals surface area contributed by atoms with Crippen molar-refractivity contribution in [2.24, 2.45) is 0 Å². The molecule has 106 valence electrons. The van der Waals surface area contributed by atoms with E-state index in [-0.39, 0.29) is 5.91 Å². The second-order valence-corrected chi connectivity index (χ2v) is 5.40. The Kier molecular flexibility index (Phi) is 6.25. The number of amides is 1. The third kappa shape index (κ3) is 5.17. The molecule has 4 nitrogen and oxygen atoms in total. The molecule has 1 heterocycles. The first-order valence-corrected chi connectivity index (χ1v) is 6.90. The Morgan fingerprint density at radius 2 is 2.21 bits per heavy atom. The van der Waals surface area contributed by atoms with Crippen LogP contribution in [0.4, 0.5) is 0 Å². The Balaban J connectivity index is 2.39. The Morgan fingerprint density at radius 1 is 1.53 bits per heavy atom. The lowest BCUT2D eigenvalue weighted by atomic mass is 10.2. The number of halogens is 1. The lowest BCUT2D eigenvalue weighted by Crippen LogP contribution is -2.31. The minimum atomic E-state index is -0.162. The fourth-order valence-corrected chi connectivity index (χ4v) is 1.87. The third-order valence-corrected chi connectivity index (χ3v) is 3.40. The molecule has 0 fully saturated rings. The normalized spacial score (nSPS) is 11.1. The molecule has 0 atom stereocenters. The van der Waals surface area contributed by atoms with Crippen LogP contribution >= 0.6 is 11.6 Å². The van der Waals surface area contributed by atoms with Gasteiger partial charge in [-0.3, -0.25) is 9.78 Å². The van der Waals surface area contributed by atoms with Crippen molar-refractivity contribution in [3.63, 3.8) is 0 Å². The highest BCUT2D eigenvalue weighted by molar-refractivity contribution is 6.33. The Morgan fingerprint density at radius 3 is 2.79 bits per heavy atom. The van der Waals surface area contributed by atoms with E-state index in [0.29, 0.717) is 23.2 Å². The molecule has 0 aliphatic rings. The van der Waals surface area contributed by atoms with Crippen LogP contribution in [-0.2, 0) is 0 Å². The van der Waals surface area contributed by atoms with Crippen molar-refractivity contribution in [2.45, 2.75) is 33.2 Å². The molecule has 0 spiro atoms. The van der Waals surface area contributed by atoms with Crippen LogP contribution in [0.2, 0.25) is 5.02 Å². The molecule has 19 heavy (non-hydrogen) atoms. The van der Waals surface area contributed by atoms with E-state index < -0.39 is 0 Å². The minimum Gasteiger partial charge on any atom is -0.352 e. The lowest BCUT2D eigenvalue weighted by molar-refractivity contribution is 0.0951. The van der Waals surface area contributed by atoms with Gasteiger partial charge in [-0.05, 0) is 46.9 Å². The predicted molar refractivity (Wildman–Crippen MR) is 78.7 cm³/mol. The van der Waals surface area contributed by atoms with Crippen LogP contribution < -0.4 is 5.32 Å². The zero-order chi connectivity index (χ0) is 14.4. The average Bonchev–Trinajstić information content (AvgIpc) is 2.33. The number of nitrogens with zero attached hydrogens (tertiary/aromatic N) is 2. The summed E-state index contributed by atoms with van der Waals surface area (Å²) in [6, 6.07) is 2.22. The van der Waals surface area contributed by atoms with Gasteiger partial charge in [0.15, 0.2) is 0 Å². The van der Waals surface area contributed by atoms with Crippen LogP contribution in [0.3, 0.4) is 0 Å². The zero-order valence-electron chi connectivity index (χ0n) is 12.0. The molecular formula is C14H22ClN3O. The summed E-state index contributed by atoms with van der Waals surface area (Å²) in [6.07, 6.45) is 2.44. The third-order valence-electron chi connectivity index (χ3n) is 3.09. The topological polar surface area (TPSA) is 45.2 Å². The van der Waals surface area contributed by atoms with Gasteiger partial charge in [-0.1, -0.05) is 11.6 Å². The van der Waals surface area contributed by atoms with Gasteiger partial charge in [0, 0.05) is 24.5 Å². The number of aromatic nitrogens is 1. The molecule has 1 aromatic heterocycles. The maximum Gasteiger partial charge on any atom is 0.254 e. The quantitative estimate of drug-likeness (QED) is 0.816. The van der Waals surface area contributed by atoms with Gasteiger partial charge >= 0.3 is 0 Å². The molecular weight excluding hydrogens is 262 g/mol. The lowest BCUT2D eigenvalue weighted by Gasteiger charge is -2.20. The number of pyridine rings is 1. The van der Waals surface area contributed by atoms with Crippen molar-refractivity contribution >= 4 is 17.5 Å². The molecule has 0 bridgehead atoms. The van der Waals surface area contributed by atoms with Gasteiger partial charge in [-0.2, -0.15) is 0 Å². The van der Waals surface area contributed by atoms with E-state index >= 15 is 0 Å². The number of nitrogens with one attached hydrogen (secondary N) is 1. The van der Waals surface area contributed by atoms with Crippen LogP contribution in [0.25, 0.3) is 0 Å². The molecule has 1 aromatic rings. The summed E-state index contributed by atoms with van der Waals surface area (Å²) < 4.78 is 0. The molecule has 0 unspecified atom stereocenters. The second kappa shape index (κ2) is 7.46. The van der Waals surface area contributed by atoms with Gasteiger partial charge < -0.3 is 10.2 Å². The fraction of sp³-hybridized carbons (Fsp3) is 0.571. The summed E-state index contributed by atoms with van der Waals surface area (Å²) in [5.74, 6) is -0.162. The first-order chi connectivity index (χ1) is 8.91. The number of carbonyl (C=O) groups excluding carboxylic acids is 1. The summed E-state index contributed by atoms with van der Waals surface area (Å²) in [7, 11) is 2.08. The van der Waals surface area contributed by atoms with E-state index in [4.69, 9.17) is 11.6 Å². The number of hydrogen-bond donors (Lipinski definition) is 1. The highest BCUT2D eigenvalue weighted by atomic mass is 35.5. The Hall–Kier alpha value is -1.13. The zero-order valence-corrected chi connectivity index (χ0v) is 12.8. The molecule has 1 N–H and O–H groups in total. The van der Waals surface area contributed by atoms with E-state index in [9.17, 15) is 4.79 Å². The van der Waals surface area contributed by atoms with Crippen molar-refractivity contribution in [3.8, 4) is 0 Å². The molecule has 0 aliphatic heterocycles. The van der Waals surface area contributed by atoms with Crippen molar-refractivity contribution < 1.29 is 4.79 Å². The van der Waals surface area contributed by atoms with Crippen LogP contribution in [-0.4, -0.2) is 42.0 Å². The SMILES string of the molecule is Cc1cc(Cl)c(C(=O)NCCCN(C)C(C)C)cn1. The first-order valence-electron chi connectivity index (χ1n) is 6.52. The molecule has 1 rings (SSSR count). The molecule has 5 heteroatoms. The molecule has 1 amide bonds. The Labute approximate surface area is 120 Å². The standard InChI is InChI=1S/C14H22ClN3O/c1-10(2)18(4)7-5-6-16-14(19)12-9-17-11(3)8-13(12)15/h8-10H,5-7H2,1-4H3,(H,16,19). The van der Waals surface area contributed by atoms with E-state index in [1.165, 1.54) is 6.20 Å². The van der Waals surface area contributed by atoms with E-state index in [1.54, 1.807) is 6.07 Å². The summed E-state index contributed by atoms with van der Waals surface area (Å²) in [4.78, 5) is 18.2. The molecule has 0 radical (unpaired) electrons. The Bertz CT molecular complexity index is 435. The van der Waals surface area contributed by atoms with Crippen LogP contribution in [0.1, 0.15) is 36.3 Å². The molecule has 0 aromatic carbocycles. The minimum absolute atomic E-state index is 0.162. The van der Waals surface area contributed by atoms with Crippen LogP contribution in [0, 0.1) is 6.92 Å². The van der Waals surface area contributed by atoms with Gasteiger partial charge in [0.1, 0.15) is 0 Å². The van der Waals surface area contributed by atoms with Crippen LogP contribution in [0.15, 0.2) is 12.3 Å². The molecule has 0 saturated carbocycles. The maximum absolute atomic E-state index is 11.9. The van der Waals surface area contributed by atoms with Crippen molar-refractivity contribution in [1.29, 1.82) is 0 Å². The summed E-state index contributed by atoms with van der Waals surface area (Å²) in [5.41, 5.74) is 1.24. The second-order valence-electron chi connectivity index (χ2n) is 4.99. The number of carbonyl (C=O) groups is 1. The smallest absolute Gasteiger partial charge is 0.254 e. The van der Waals surface area contributed by atoms with Gasteiger partial charge in [0.25, 0.3) is 5.91 Å². The number of hydrogen-bond acceptors (Lipinski definition) is 3.